The van der Waals surface area contributed by atoms with Crippen LogP contribution in [0.5, 0.6) is 0 Å². The molecular formula is C18H12ClN7. The third kappa shape index (κ3) is 2.37. The highest BCUT2D eigenvalue weighted by Gasteiger charge is 2.11. The molecule has 0 saturated carbocycles. The van der Waals surface area contributed by atoms with Crippen LogP contribution >= 0.6 is 11.6 Å². The van der Waals surface area contributed by atoms with Crippen LogP contribution in [0.2, 0.25) is 5.02 Å². The average molecular weight is 362 g/mol. The van der Waals surface area contributed by atoms with Crippen LogP contribution in [-0.2, 0) is 0 Å². The number of aromatic amines is 1. The van der Waals surface area contributed by atoms with Crippen molar-refractivity contribution >= 4 is 39.7 Å². The number of aromatic nitrogens is 6. The van der Waals surface area contributed by atoms with Crippen molar-refractivity contribution in [2.75, 3.05) is 5.32 Å². The average Bonchev–Trinajstić information content (AvgIpc) is 3.35. The molecule has 0 aliphatic carbocycles. The lowest BCUT2D eigenvalue weighted by molar-refractivity contribution is 0.881. The molecule has 26 heavy (non-hydrogen) atoms. The fourth-order valence-electron chi connectivity index (χ4n) is 2.99. The van der Waals surface area contributed by atoms with E-state index in [-0.39, 0.29) is 0 Å². The van der Waals surface area contributed by atoms with E-state index in [4.69, 9.17) is 16.6 Å². The molecule has 126 valence electrons. The van der Waals surface area contributed by atoms with Gasteiger partial charge in [0.1, 0.15) is 0 Å². The van der Waals surface area contributed by atoms with Crippen LogP contribution in [0.25, 0.3) is 27.9 Å². The van der Waals surface area contributed by atoms with Crippen LogP contribution in [0.3, 0.4) is 0 Å². The second-order valence-electron chi connectivity index (χ2n) is 5.78. The molecule has 0 spiro atoms. The third-order valence-corrected chi connectivity index (χ3v) is 4.53. The van der Waals surface area contributed by atoms with Gasteiger partial charge in [-0.1, -0.05) is 23.7 Å². The number of fused-ring (bicyclic) bond motifs is 3. The van der Waals surface area contributed by atoms with E-state index in [0.29, 0.717) is 10.8 Å². The van der Waals surface area contributed by atoms with Crippen molar-refractivity contribution in [3.63, 3.8) is 0 Å². The zero-order valence-corrected chi connectivity index (χ0v) is 14.1. The van der Waals surface area contributed by atoms with Crippen molar-refractivity contribution in [2.45, 2.75) is 0 Å². The molecule has 0 unspecified atom stereocenters. The minimum Gasteiger partial charge on any atom is -0.337 e. The van der Waals surface area contributed by atoms with Gasteiger partial charge >= 0.3 is 0 Å². The molecule has 0 atom stereocenters. The summed E-state index contributed by atoms with van der Waals surface area (Å²) in [5.74, 6) is 1.32. The Bertz CT molecular complexity index is 1230. The van der Waals surface area contributed by atoms with Crippen molar-refractivity contribution in [1.82, 2.24) is 30.0 Å². The molecule has 3 heterocycles. The van der Waals surface area contributed by atoms with Crippen molar-refractivity contribution in [3.05, 3.63) is 65.8 Å². The molecule has 0 aliphatic heterocycles. The molecule has 0 saturated heterocycles. The predicted molar refractivity (Wildman–Crippen MR) is 101 cm³/mol. The lowest BCUT2D eigenvalue weighted by Crippen LogP contribution is -2.00. The summed E-state index contributed by atoms with van der Waals surface area (Å²) in [6, 6.07) is 17.5. The zero-order valence-electron chi connectivity index (χ0n) is 13.4. The Morgan fingerprint density at radius 3 is 2.77 bits per heavy atom. The van der Waals surface area contributed by atoms with Crippen molar-refractivity contribution in [2.24, 2.45) is 0 Å². The molecule has 0 amide bonds. The quantitative estimate of drug-likeness (QED) is 0.506. The summed E-state index contributed by atoms with van der Waals surface area (Å²) in [7, 11) is 0. The second kappa shape index (κ2) is 5.82. The highest BCUT2D eigenvalue weighted by Crippen LogP contribution is 2.30. The lowest BCUT2D eigenvalue weighted by Gasteiger charge is -2.12. The SMILES string of the molecule is Clc1ccccc1Nc1nc2cc(-c3nnn[nH]3)ccc2n2cccc12. The van der Waals surface area contributed by atoms with Crippen molar-refractivity contribution in [1.29, 1.82) is 0 Å². The van der Waals surface area contributed by atoms with E-state index >= 15 is 0 Å². The Morgan fingerprint density at radius 1 is 1.00 bits per heavy atom. The van der Waals surface area contributed by atoms with Gasteiger partial charge in [-0.2, -0.15) is 0 Å². The maximum Gasteiger partial charge on any atom is 0.179 e. The standard InChI is InChI=1S/C18H12ClN7/c19-12-4-1-2-5-13(12)20-18-16-6-3-9-26(16)15-8-7-11(10-14(15)21-18)17-22-24-25-23-17/h1-10H,(H,20,21)(H,22,23,24,25). The first-order valence-corrected chi connectivity index (χ1v) is 8.34. The number of hydrogen-bond donors (Lipinski definition) is 2. The summed E-state index contributed by atoms with van der Waals surface area (Å²) in [5, 5.41) is 18.0. The number of tetrazole rings is 1. The van der Waals surface area contributed by atoms with E-state index in [1.807, 2.05) is 60.8 Å². The first-order chi connectivity index (χ1) is 12.8. The maximum atomic E-state index is 6.29. The Labute approximate surface area is 152 Å². The van der Waals surface area contributed by atoms with Gasteiger partial charge in [-0.3, -0.25) is 0 Å². The lowest BCUT2D eigenvalue weighted by atomic mass is 10.2. The van der Waals surface area contributed by atoms with Crippen LogP contribution in [0.1, 0.15) is 0 Å². The molecule has 5 rings (SSSR count). The topological polar surface area (TPSA) is 83.8 Å². The van der Waals surface area contributed by atoms with Gasteiger partial charge in [0, 0.05) is 11.8 Å². The first-order valence-electron chi connectivity index (χ1n) is 7.96. The summed E-state index contributed by atoms with van der Waals surface area (Å²) >= 11 is 6.29. The van der Waals surface area contributed by atoms with E-state index < -0.39 is 0 Å². The van der Waals surface area contributed by atoms with Gasteiger partial charge in [0.25, 0.3) is 0 Å². The Hall–Kier alpha value is -3.45. The van der Waals surface area contributed by atoms with Crippen LogP contribution in [-0.4, -0.2) is 30.0 Å². The van der Waals surface area contributed by atoms with Gasteiger partial charge in [-0.15, -0.1) is 5.10 Å². The molecule has 2 N–H and O–H groups in total. The number of rotatable bonds is 3. The minimum absolute atomic E-state index is 0.599. The largest absolute Gasteiger partial charge is 0.337 e. The van der Waals surface area contributed by atoms with E-state index in [1.165, 1.54) is 0 Å². The maximum absolute atomic E-state index is 6.29. The highest BCUT2D eigenvalue weighted by atomic mass is 35.5. The monoisotopic (exact) mass is 361 g/mol. The number of H-pyrrole nitrogens is 1. The molecule has 7 nitrogen and oxygen atoms in total. The Morgan fingerprint density at radius 2 is 1.92 bits per heavy atom. The van der Waals surface area contributed by atoms with E-state index in [9.17, 15) is 0 Å². The summed E-state index contributed by atoms with van der Waals surface area (Å²) < 4.78 is 2.09. The van der Waals surface area contributed by atoms with Crippen LogP contribution in [0.15, 0.2) is 60.8 Å². The second-order valence-corrected chi connectivity index (χ2v) is 6.19. The van der Waals surface area contributed by atoms with Gasteiger partial charge in [0.05, 0.1) is 27.3 Å². The Kier molecular flexibility index (Phi) is 3.32. The predicted octanol–water partition coefficient (Wildman–Crippen LogP) is 4.06. The summed E-state index contributed by atoms with van der Waals surface area (Å²) in [5.41, 5.74) is 4.44. The molecule has 5 aromatic rings. The molecule has 2 aromatic carbocycles. The van der Waals surface area contributed by atoms with Gasteiger partial charge < -0.3 is 9.72 Å². The van der Waals surface area contributed by atoms with Crippen LogP contribution < -0.4 is 5.32 Å². The number of halogens is 1. The number of nitrogens with one attached hydrogen (secondary N) is 2. The normalized spacial score (nSPS) is 11.3. The molecule has 8 heteroatoms. The van der Waals surface area contributed by atoms with Gasteiger partial charge in [-0.25, -0.2) is 10.1 Å². The van der Waals surface area contributed by atoms with E-state index in [2.05, 4.69) is 30.3 Å². The van der Waals surface area contributed by atoms with Gasteiger partial charge in [0.2, 0.25) is 0 Å². The number of hydrogen-bond acceptors (Lipinski definition) is 5. The number of para-hydroxylation sites is 1. The molecule has 0 fully saturated rings. The molecule has 0 aliphatic rings. The molecule has 0 bridgehead atoms. The van der Waals surface area contributed by atoms with Crippen molar-refractivity contribution < 1.29 is 0 Å². The summed E-state index contributed by atoms with van der Waals surface area (Å²) in [6.07, 6.45) is 2.01. The third-order valence-electron chi connectivity index (χ3n) is 4.20. The summed E-state index contributed by atoms with van der Waals surface area (Å²) in [4.78, 5) is 4.81. The smallest absolute Gasteiger partial charge is 0.179 e. The first kappa shape index (κ1) is 14.9. The van der Waals surface area contributed by atoms with Crippen LogP contribution in [0, 0.1) is 0 Å². The molecule has 3 aromatic heterocycles. The zero-order chi connectivity index (χ0) is 17.5. The van der Waals surface area contributed by atoms with Gasteiger partial charge in [0.15, 0.2) is 11.6 Å². The fraction of sp³-hybridized carbons (Fsp3) is 0. The van der Waals surface area contributed by atoms with Gasteiger partial charge in [-0.05, 0) is 52.9 Å². The van der Waals surface area contributed by atoms with E-state index in [1.54, 1.807) is 0 Å². The van der Waals surface area contributed by atoms with Crippen LogP contribution in [0.4, 0.5) is 11.5 Å². The molecular weight excluding hydrogens is 350 g/mol. The Balaban J connectivity index is 1.71. The van der Waals surface area contributed by atoms with Crippen molar-refractivity contribution in [3.8, 4) is 11.4 Å². The summed E-state index contributed by atoms with van der Waals surface area (Å²) in [6.45, 7) is 0. The number of nitrogens with zero attached hydrogens (tertiary/aromatic N) is 5. The number of anilines is 2. The fourth-order valence-corrected chi connectivity index (χ4v) is 3.17. The number of benzene rings is 2. The molecule has 0 radical (unpaired) electrons. The highest BCUT2D eigenvalue weighted by molar-refractivity contribution is 6.33. The minimum atomic E-state index is 0.599. The van der Waals surface area contributed by atoms with E-state index in [0.717, 1.165) is 33.6 Å².